The Balaban J connectivity index is 1.90. The Morgan fingerprint density at radius 3 is 2.45 bits per heavy atom. The summed E-state index contributed by atoms with van der Waals surface area (Å²) in [5, 5.41) is 9.42. The molecule has 8 heteroatoms. The lowest BCUT2D eigenvalue weighted by Crippen LogP contribution is -2.71. The fraction of sp³-hybridized carbons (Fsp3) is 0.810. The van der Waals surface area contributed by atoms with E-state index in [0.29, 0.717) is 38.9 Å². The van der Waals surface area contributed by atoms with Gasteiger partial charge in [-0.2, -0.15) is 0 Å². The first-order valence-electron chi connectivity index (χ1n) is 10.4. The fourth-order valence-electron chi connectivity index (χ4n) is 6.85. The van der Waals surface area contributed by atoms with Gasteiger partial charge < -0.3 is 19.3 Å². The predicted molar refractivity (Wildman–Crippen MR) is 97.6 cm³/mol. The van der Waals surface area contributed by atoms with E-state index in [-0.39, 0.29) is 30.8 Å². The summed E-state index contributed by atoms with van der Waals surface area (Å²) in [6.07, 6.45) is 1.93. The normalized spacial score (nSPS) is 41.0. The number of ketones is 2. The summed E-state index contributed by atoms with van der Waals surface area (Å²) in [6, 6.07) is 0. The highest BCUT2D eigenvalue weighted by Gasteiger charge is 2.75. The Hall–Kier alpha value is -1.80. The van der Waals surface area contributed by atoms with Gasteiger partial charge >= 0.3 is 11.9 Å². The molecule has 1 spiro atoms. The molecule has 0 aromatic heterocycles. The second-order valence-electron chi connectivity index (χ2n) is 9.03. The number of carboxylic acid groups (broad SMARTS) is 1. The zero-order valence-corrected chi connectivity index (χ0v) is 16.9. The fourth-order valence-corrected chi connectivity index (χ4v) is 6.85. The molecular formula is C21H28O8. The van der Waals surface area contributed by atoms with Crippen LogP contribution in [0.1, 0.15) is 51.9 Å². The van der Waals surface area contributed by atoms with Crippen LogP contribution in [0.15, 0.2) is 0 Å². The average molecular weight is 408 g/mol. The van der Waals surface area contributed by atoms with Gasteiger partial charge in [-0.3, -0.25) is 19.2 Å². The van der Waals surface area contributed by atoms with Gasteiger partial charge in [-0.05, 0) is 24.7 Å². The summed E-state index contributed by atoms with van der Waals surface area (Å²) >= 11 is 0. The number of methoxy groups -OCH3 is 1. The van der Waals surface area contributed by atoms with Crippen molar-refractivity contribution in [3.05, 3.63) is 0 Å². The number of ether oxygens (including phenoxy) is 3. The average Bonchev–Trinajstić information content (AvgIpc) is 3.15. The van der Waals surface area contributed by atoms with Crippen molar-refractivity contribution in [2.45, 2.75) is 57.7 Å². The van der Waals surface area contributed by atoms with Crippen molar-refractivity contribution in [1.82, 2.24) is 0 Å². The third-order valence-corrected chi connectivity index (χ3v) is 8.12. The molecule has 1 saturated heterocycles. The highest BCUT2D eigenvalue weighted by Crippen LogP contribution is 2.66. The highest BCUT2D eigenvalue weighted by molar-refractivity contribution is 6.08. The van der Waals surface area contributed by atoms with E-state index in [0.717, 1.165) is 0 Å². The van der Waals surface area contributed by atoms with Crippen LogP contribution in [-0.4, -0.2) is 54.7 Å². The van der Waals surface area contributed by atoms with Crippen molar-refractivity contribution >= 4 is 23.5 Å². The quantitative estimate of drug-likeness (QED) is 0.554. The van der Waals surface area contributed by atoms with Crippen LogP contribution < -0.4 is 0 Å². The molecule has 1 aliphatic heterocycles. The number of Topliss-reactive ketones (excluding diaryl/α,β-unsaturated/α-hetero) is 2. The first-order chi connectivity index (χ1) is 13.7. The van der Waals surface area contributed by atoms with Crippen molar-refractivity contribution in [3.8, 4) is 0 Å². The topological polar surface area (TPSA) is 116 Å². The Morgan fingerprint density at radius 1 is 1.14 bits per heavy atom. The van der Waals surface area contributed by atoms with Crippen molar-refractivity contribution in [1.29, 1.82) is 0 Å². The number of aliphatic carboxylic acids is 1. The van der Waals surface area contributed by atoms with Gasteiger partial charge in [0.05, 0.1) is 20.3 Å². The Morgan fingerprint density at radius 2 is 1.83 bits per heavy atom. The Bertz CT molecular complexity index is 744. The molecule has 1 N–H and O–H groups in total. The molecule has 160 valence electrons. The number of hydrogen-bond acceptors (Lipinski definition) is 7. The van der Waals surface area contributed by atoms with Crippen LogP contribution in [0.5, 0.6) is 0 Å². The highest BCUT2D eigenvalue weighted by atomic mass is 16.7. The molecule has 8 nitrogen and oxygen atoms in total. The molecule has 0 aromatic carbocycles. The van der Waals surface area contributed by atoms with Crippen LogP contribution >= 0.6 is 0 Å². The minimum atomic E-state index is -1.54. The van der Waals surface area contributed by atoms with Gasteiger partial charge in [0.2, 0.25) is 0 Å². The molecule has 0 bridgehead atoms. The maximum absolute atomic E-state index is 13.5. The summed E-state index contributed by atoms with van der Waals surface area (Å²) in [6.45, 7) is 2.44. The lowest BCUT2D eigenvalue weighted by Gasteiger charge is -2.62. The molecule has 5 unspecified atom stereocenters. The maximum Gasteiger partial charge on any atom is 0.320 e. The van der Waals surface area contributed by atoms with Crippen LogP contribution in [-0.2, 0) is 33.4 Å². The Kier molecular flexibility index (Phi) is 4.85. The van der Waals surface area contributed by atoms with Crippen molar-refractivity contribution in [2.75, 3.05) is 20.3 Å². The molecular weight excluding hydrogens is 380 g/mol. The van der Waals surface area contributed by atoms with Gasteiger partial charge in [0, 0.05) is 37.0 Å². The van der Waals surface area contributed by atoms with Crippen LogP contribution in [0.25, 0.3) is 0 Å². The van der Waals surface area contributed by atoms with Crippen molar-refractivity contribution in [3.63, 3.8) is 0 Å². The molecule has 4 aliphatic rings. The summed E-state index contributed by atoms with van der Waals surface area (Å²) in [5.74, 6) is -4.91. The number of carbonyl (C=O) groups excluding carboxylic acids is 3. The molecule has 4 rings (SSSR count). The van der Waals surface area contributed by atoms with Crippen LogP contribution in [0.3, 0.4) is 0 Å². The van der Waals surface area contributed by atoms with Gasteiger partial charge in [-0.1, -0.05) is 13.3 Å². The second-order valence-corrected chi connectivity index (χ2v) is 9.03. The predicted octanol–water partition coefficient (Wildman–Crippen LogP) is 1.74. The number of fused-ring (bicyclic) bond motifs is 4. The number of rotatable bonds is 3. The van der Waals surface area contributed by atoms with E-state index in [2.05, 4.69) is 0 Å². The molecule has 0 radical (unpaired) electrons. The third-order valence-electron chi connectivity index (χ3n) is 8.12. The first kappa shape index (κ1) is 20.5. The van der Waals surface area contributed by atoms with E-state index in [9.17, 15) is 24.3 Å². The smallest absolute Gasteiger partial charge is 0.320 e. The van der Waals surface area contributed by atoms with E-state index < -0.39 is 46.3 Å². The van der Waals surface area contributed by atoms with E-state index in [4.69, 9.17) is 14.2 Å². The van der Waals surface area contributed by atoms with Crippen LogP contribution in [0.4, 0.5) is 0 Å². The summed E-state index contributed by atoms with van der Waals surface area (Å²) in [4.78, 5) is 51.8. The standard InChI is InChI=1S/C21H28O8/c1-19-12(10-17(24)25)4-3-5-13(19)21(18(26)27-2)14(11-16(19)23)20(7-6-15(21)22)28-8-9-29-20/h12-14H,3-11H2,1-2H3,(H,24,25). The molecule has 0 amide bonds. The number of carbonyl (C=O) groups is 4. The van der Waals surface area contributed by atoms with Crippen molar-refractivity contribution in [2.24, 2.45) is 28.6 Å². The monoisotopic (exact) mass is 408 g/mol. The zero-order valence-electron chi connectivity index (χ0n) is 16.9. The van der Waals surface area contributed by atoms with Gasteiger partial charge in [0.1, 0.15) is 11.2 Å². The summed E-state index contributed by atoms with van der Waals surface area (Å²) < 4.78 is 17.1. The van der Waals surface area contributed by atoms with Gasteiger partial charge in [-0.15, -0.1) is 0 Å². The molecule has 5 atom stereocenters. The number of hydrogen-bond donors (Lipinski definition) is 1. The third kappa shape index (κ3) is 2.57. The van der Waals surface area contributed by atoms with Crippen LogP contribution in [0, 0.1) is 28.6 Å². The molecule has 4 fully saturated rings. The molecule has 1 heterocycles. The number of esters is 1. The summed E-state index contributed by atoms with van der Waals surface area (Å²) in [5.41, 5.74) is -2.62. The second kappa shape index (κ2) is 6.87. The minimum Gasteiger partial charge on any atom is -0.481 e. The molecule has 3 saturated carbocycles. The summed E-state index contributed by atoms with van der Waals surface area (Å²) in [7, 11) is 1.25. The van der Waals surface area contributed by atoms with E-state index >= 15 is 0 Å². The van der Waals surface area contributed by atoms with Gasteiger partial charge in [0.15, 0.2) is 11.6 Å². The molecule has 29 heavy (non-hydrogen) atoms. The van der Waals surface area contributed by atoms with E-state index in [1.807, 2.05) is 0 Å². The lowest BCUT2D eigenvalue weighted by molar-refractivity contribution is -0.265. The van der Waals surface area contributed by atoms with Gasteiger partial charge in [-0.25, -0.2) is 0 Å². The maximum atomic E-state index is 13.5. The lowest BCUT2D eigenvalue weighted by atomic mass is 9.40. The van der Waals surface area contributed by atoms with Gasteiger partial charge in [0.25, 0.3) is 0 Å². The molecule has 0 aromatic rings. The van der Waals surface area contributed by atoms with E-state index in [1.165, 1.54) is 7.11 Å². The molecule has 3 aliphatic carbocycles. The number of carboxylic acids is 1. The van der Waals surface area contributed by atoms with Crippen LogP contribution in [0.2, 0.25) is 0 Å². The van der Waals surface area contributed by atoms with E-state index in [1.54, 1.807) is 6.92 Å². The zero-order chi connectivity index (χ0) is 21.0. The SMILES string of the molecule is COC(=O)C12C(=O)CCC3(OCCO3)C1CC(=O)C1(C)C(CC(=O)O)CCCC12. The minimum absolute atomic E-state index is 0.0516. The van der Waals surface area contributed by atoms with Crippen molar-refractivity contribution < 1.29 is 38.5 Å². The largest absolute Gasteiger partial charge is 0.481 e. The first-order valence-corrected chi connectivity index (χ1v) is 10.4. The Labute approximate surface area is 169 Å².